The summed E-state index contributed by atoms with van der Waals surface area (Å²) in [5.41, 5.74) is 1.28. The first-order chi connectivity index (χ1) is 13.3. The second-order valence-electron chi connectivity index (χ2n) is 7.90. The molecule has 0 radical (unpaired) electrons. The highest BCUT2D eigenvalue weighted by Gasteiger charge is 2.25. The van der Waals surface area contributed by atoms with E-state index in [1.165, 1.54) is 50.2 Å². The Bertz CT molecular complexity index is 737. The van der Waals surface area contributed by atoms with Crippen molar-refractivity contribution in [2.75, 3.05) is 32.7 Å². The summed E-state index contributed by atoms with van der Waals surface area (Å²) < 4.78 is 2.26. The molecule has 1 aromatic carbocycles. The average molecular weight is 366 g/mol. The van der Waals surface area contributed by atoms with E-state index in [1.54, 1.807) is 0 Å². The molecule has 0 spiro atoms. The largest absolute Gasteiger partial charge is 0.317 e. The summed E-state index contributed by atoms with van der Waals surface area (Å²) in [5, 5.41) is 9.07. The van der Waals surface area contributed by atoms with Crippen LogP contribution in [0.15, 0.2) is 36.4 Å². The van der Waals surface area contributed by atoms with Crippen molar-refractivity contribution in [2.45, 2.75) is 38.1 Å². The van der Waals surface area contributed by atoms with Crippen LogP contribution in [-0.2, 0) is 13.6 Å². The third-order valence-electron chi connectivity index (χ3n) is 5.99. The highest BCUT2D eigenvalue weighted by Crippen LogP contribution is 2.27. The van der Waals surface area contributed by atoms with Gasteiger partial charge in [-0.2, -0.15) is 0 Å². The van der Waals surface area contributed by atoms with Crippen LogP contribution in [-0.4, -0.2) is 57.3 Å². The Balaban J connectivity index is 1.27. The first kappa shape index (κ1) is 18.4. The Morgan fingerprint density at radius 1 is 0.963 bits per heavy atom. The minimum Gasteiger partial charge on any atom is -0.317 e. The number of aromatic nitrogens is 3. The summed E-state index contributed by atoms with van der Waals surface area (Å²) >= 11 is 0. The van der Waals surface area contributed by atoms with E-state index in [1.807, 2.05) is 0 Å². The Labute approximate surface area is 162 Å². The Hall–Kier alpha value is -1.98. The second-order valence-corrected chi connectivity index (χ2v) is 7.90. The summed E-state index contributed by atoms with van der Waals surface area (Å²) in [4.78, 5) is 5.03. The summed E-state index contributed by atoms with van der Waals surface area (Å²) in [6.07, 6.45) is 9.50. The summed E-state index contributed by atoms with van der Waals surface area (Å²) in [6.45, 7) is 6.66. The molecule has 2 saturated heterocycles. The van der Waals surface area contributed by atoms with Gasteiger partial charge in [0, 0.05) is 19.5 Å². The summed E-state index contributed by atoms with van der Waals surface area (Å²) in [6, 6.07) is 10.5. The molecule has 2 fully saturated rings. The van der Waals surface area contributed by atoms with Gasteiger partial charge in [0.1, 0.15) is 11.6 Å². The van der Waals surface area contributed by atoms with E-state index in [4.69, 9.17) is 0 Å². The van der Waals surface area contributed by atoms with Crippen LogP contribution in [0.3, 0.4) is 0 Å². The van der Waals surface area contributed by atoms with Gasteiger partial charge in [0.2, 0.25) is 0 Å². The van der Waals surface area contributed by atoms with Crippen LogP contribution in [0.2, 0.25) is 0 Å². The van der Waals surface area contributed by atoms with E-state index < -0.39 is 0 Å². The Kier molecular flexibility index (Phi) is 6.00. The van der Waals surface area contributed by atoms with E-state index >= 15 is 0 Å². The standard InChI is InChI=1S/C22H31N5/c1-25-21(18-27-13-5-6-14-27)23-24-22(25)20-11-16-26(17-12-20)15-7-10-19-8-3-2-4-9-19/h2-4,7-10,20H,5-6,11-18H2,1H3/b10-7+. The fraction of sp³-hybridized carbons (Fsp3) is 0.545. The van der Waals surface area contributed by atoms with Crippen molar-refractivity contribution in [1.29, 1.82) is 0 Å². The van der Waals surface area contributed by atoms with Crippen LogP contribution in [0, 0.1) is 0 Å². The van der Waals surface area contributed by atoms with E-state index in [0.717, 1.165) is 32.0 Å². The van der Waals surface area contributed by atoms with Gasteiger partial charge in [-0.3, -0.25) is 9.80 Å². The summed E-state index contributed by atoms with van der Waals surface area (Å²) in [5.74, 6) is 2.85. The predicted molar refractivity (Wildman–Crippen MR) is 109 cm³/mol. The van der Waals surface area contributed by atoms with Gasteiger partial charge < -0.3 is 4.57 Å². The number of hydrogen-bond acceptors (Lipinski definition) is 4. The molecular formula is C22H31N5. The Morgan fingerprint density at radius 2 is 1.70 bits per heavy atom. The maximum atomic E-state index is 4.56. The molecule has 0 saturated carbocycles. The maximum Gasteiger partial charge on any atom is 0.146 e. The monoisotopic (exact) mass is 365 g/mol. The van der Waals surface area contributed by atoms with Gasteiger partial charge in [-0.05, 0) is 57.4 Å². The Morgan fingerprint density at radius 3 is 2.44 bits per heavy atom. The number of hydrogen-bond donors (Lipinski definition) is 0. The van der Waals surface area contributed by atoms with Gasteiger partial charge in [-0.1, -0.05) is 42.5 Å². The zero-order chi connectivity index (χ0) is 18.5. The van der Waals surface area contributed by atoms with Crippen molar-refractivity contribution >= 4 is 6.08 Å². The molecule has 2 aromatic rings. The molecule has 0 amide bonds. The molecule has 4 rings (SSSR count). The van der Waals surface area contributed by atoms with Gasteiger partial charge in [-0.25, -0.2) is 0 Å². The molecule has 144 valence electrons. The van der Waals surface area contributed by atoms with Crippen LogP contribution >= 0.6 is 0 Å². The number of benzene rings is 1. The van der Waals surface area contributed by atoms with Crippen LogP contribution < -0.4 is 0 Å². The topological polar surface area (TPSA) is 37.2 Å². The molecule has 0 unspecified atom stereocenters. The first-order valence-electron chi connectivity index (χ1n) is 10.3. The predicted octanol–water partition coefficient (Wildman–Crippen LogP) is 3.30. The molecule has 0 bridgehead atoms. The molecule has 3 heterocycles. The number of piperidine rings is 1. The molecule has 5 nitrogen and oxygen atoms in total. The third-order valence-corrected chi connectivity index (χ3v) is 5.99. The van der Waals surface area contributed by atoms with Crippen molar-refractivity contribution in [3.05, 3.63) is 53.6 Å². The first-order valence-corrected chi connectivity index (χ1v) is 10.3. The van der Waals surface area contributed by atoms with Crippen LogP contribution in [0.25, 0.3) is 6.08 Å². The third kappa shape index (κ3) is 4.66. The highest BCUT2D eigenvalue weighted by atomic mass is 15.3. The lowest BCUT2D eigenvalue weighted by atomic mass is 9.96. The molecule has 1 aromatic heterocycles. The molecule has 5 heteroatoms. The fourth-order valence-electron chi connectivity index (χ4n) is 4.29. The van der Waals surface area contributed by atoms with Gasteiger partial charge in [-0.15, -0.1) is 10.2 Å². The minimum absolute atomic E-state index is 0.546. The van der Waals surface area contributed by atoms with Crippen LogP contribution in [0.1, 0.15) is 48.8 Å². The normalized spacial score (nSPS) is 20.0. The minimum atomic E-state index is 0.546. The van der Waals surface area contributed by atoms with Crippen molar-refractivity contribution in [1.82, 2.24) is 24.6 Å². The SMILES string of the molecule is Cn1c(CN2CCCC2)nnc1C1CCN(C/C=C/c2ccccc2)CC1. The van der Waals surface area contributed by atoms with Crippen LogP contribution in [0.5, 0.6) is 0 Å². The quantitative estimate of drug-likeness (QED) is 0.787. The van der Waals surface area contributed by atoms with Crippen molar-refractivity contribution < 1.29 is 0 Å². The van der Waals surface area contributed by atoms with E-state index in [2.05, 4.69) is 74.1 Å². The van der Waals surface area contributed by atoms with Crippen LogP contribution in [0.4, 0.5) is 0 Å². The average Bonchev–Trinajstić information content (AvgIpc) is 3.34. The van der Waals surface area contributed by atoms with E-state index in [-0.39, 0.29) is 0 Å². The smallest absolute Gasteiger partial charge is 0.146 e. The van der Waals surface area contributed by atoms with Gasteiger partial charge in [0.15, 0.2) is 0 Å². The number of rotatable bonds is 6. The molecule has 0 N–H and O–H groups in total. The summed E-state index contributed by atoms with van der Waals surface area (Å²) in [7, 11) is 2.15. The lowest BCUT2D eigenvalue weighted by Gasteiger charge is -2.30. The van der Waals surface area contributed by atoms with Crippen molar-refractivity contribution in [3.63, 3.8) is 0 Å². The second kappa shape index (κ2) is 8.81. The molecular weight excluding hydrogens is 334 g/mol. The lowest BCUT2D eigenvalue weighted by molar-refractivity contribution is 0.227. The molecule has 27 heavy (non-hydrogen) atoms. The lowest BCUT2D eigenvalue weighted by Crippen LogP contribution is -2.33. The zero-order valence-corrected chi connectivity index (χ0v) is 16.4. The molecule has 0 aliphatic carbocycles. The molecule has 2 aliphatic rings. The van der Waals surface area contributed by atoms with Gasteiger partial charge in [0.05, 0.1) is 6.54 Å². The van der Waals surface area contributed by atoms with E-state index in [0.29, 0.717) is 5.92 Å². The van der Waals surface area contributed by atoms with Gasteiger partial charge >= 0.3 is 0 Å². The molecule has 2 aliphatic heterocycles. The maximum absolute atomic E-state index is 4.56. The van der Waals surface area contributed by atoms with Crippen molar-refractivity contribution in [2.24, 2.45) is 7.05 Å². The van der Waals surface area contributed by atoms with Gasteiger partial charge in [0.25, 0.3) is 0 Å². The fourth-order valence-corrected chi connectivity index (χ4v) is 4.29. The van der Waals surface area contributed by atoms with E-state index in [9.17, 15) is 0 Å². The number of likely N-dealkylation sites (tertiary alicyclic amines) is 2. The van der Waals surface area contributed by atoms with Crippen molar-refractivity contribution in [3.8, 4) is 0 Å². The molecule has 0 atom stereocenters. The highest BCUT2D eigenvalue weighted by molar-refractivity contribution is 5.48. The number of nitrogens with zero attached hydrogens (tertiary/aromatic N) is 5. The zero-order valence-electron chi connectivity index (χ0n) is 16.4.